The summed E-state index contributed by atoms with van der Waals surface area (Å²) in [5, 5.41) is 31.1. The van der Waals surface area contributed by atoms with Gasteiger partial charge in [-0.3, -0.25) is 0 Å². The molecule has 0 bridgehead atoms. The molecule has 146 valence electrons. The van der Waals surface area contributed by atoms with Crippen molar-refractivity contribution in [2.24, 2.45) is 28.1 Å². The third-order valence-corrected chi connectivity index (χ3v) is 7.22. The van der Waals surface area contributed by atoms with Crippen molar-refractivity contribution in [1.29, 1.82) is 5.26 Å². The summed E-state index contributed by atoms with van der Waals surface area (Å²) in [6.07, 6.45) is 1.97. The van der Waals surface area contributed by atoms with Crippen LogP contribution in [-0.4, -0.2) is 35.0 Å². The molecular weight excluding hydrogens is 330 g/mol. The van der Waals surface area contributed by atoms with Crippen molar-refractivity contribution in [3.05, 3.63) is 11.6 Å². The lowest BCUT2D eigenvalue weighted by Gasteiger charge is -2.55. The molecule has 8 atom stereocenters. The van der Waals surface area contributed by atoms with Crippen molar-refractivity contribution >= 4 is 0 Å². The van der Waals surface area contributed by atoms with Crippen LogP contribution in [0.2, 0.25) is 0 Å². The molecule has 5 heteroatoms. The number of aliphatic hydroxyl groups is 2. The van der Waals surface area contributed by atoms with E-state index in [0.717, 1.165) is 18.4 Å². The summed E-state index contributed by atoms with van der Waals surface area (Å²) in [6, 6.07) is 2.34. The largest absolute Gasteiger partial charge is 0.367 e. The minimum Gasteiger partial charge on any atom is -0.367 e. The quantitative estimate of drug-likeness (QED) is 0.591. The number of nitriles is 1. The van der Waals surface area contributed by atoms with E-state index in [9.17, 15) is 15.5 Å². The number of hydrogen-bond acceptors (Lipinski definition) is 5. The minimum atomic E-state index is -1.05. The first-order chi connectivity index (χ1) is 12.0. The van der Waals surface area contributed by atoms with Gasteiger partial charge in [-0.2, -0.15) is 5.26 Å². The molecule has 1 heterocycles. The highest BCUT2D eigenvalue weighted by molar-refractivity contribution is 5.22. The Morgan fingerprint density at radius 1 is 1.35 bits per heavy atom. The maximum atomic E-state index is 11.0. The van der Waals surface area contributed by atoms with Gasteiger partial charge in [0, 0.05) is 11.3 Å². The summed E-state index contributed by atoms with van der Waals surface area (Å²) in [4.78, 5) is 0. The Morgan fingerprint density at radius 3 is 2.54 bits per heavy atom. The predicted octanol–water partition coefficient (Wildman–Crippen LogP) is 3.37. The number of rotatable bonds is 4. The molecule has 2 N–H and O–H groups in total. The number of ether oxygens (including phenoxy) is 2. The highest BCUT2D eigenvalue weighted by atomic mass is 16.7. The van der Waals surface area contributed by atoms with Crippen molar-refractivity contribution < 1.29 is 19.7 Å². The van der Waals surface area contributed by atoms with Gasteiger partial charge in [0.15, 0.2) is 12.6 Å². The van der Waals surface area contributed by atoms with Gasteiger partial charge in [0.1, 0.15) is 5.41 Å². The Hall–Kier alpha value is -0.930. The third-order valence-electron chi connectivity index (χ3n) is 7.22. The molecule has 0 amide bonds. The van der Waals surface area contributed by atoms with Crippen LogP contribution in [0, 0.1) is 39.4 Å². The van der Waals surface area contributed by atoms with Crippen LogP contribution in [0.25, 0.3) is 0 Å². The Morgan fingerprint density at radius 2 is 2.00 bits per heavy atom. The first-order valence-corrected chi connectivity index (χ1v) is 9.72. The zero-order valence-electron chi connectivity index (χ0n) is 16.8. The summed E-state index contributed by atoms with van der Waals surface area (Å²) < 4.78 is 11.9. The van der Waals surface area contributed by atoms with Crippen molar-refractivity contribution in [2.45, 2.75) is 85.6 Å². The van der Waals surface area contributed by atoms with E-state index in [0.29, 0.717) is 6.42 Å². The molecule has 0 spiro atoms. The average molecular weight is 363 g/mol. The molecule has 3 fully saturated rings. The molecule has 0 aromatic heterocycles. The molecule has 3 aliphatic rings. The molecule has 0 aromatic rings. The molecular formula is C21H33NO4. The third kappa shape index (κ3) is 2.65. The van der Waals surface area contributed by atoms with Crippen LogP contribution in [0.5, 0.6) is 0 Å². The summed E-state index contributed by atoms with van der Waals surface area (Å²) in [5.41, 5.74) is -0.433. The standard InChI is InChI=1S/C21H33NO4/c1-12(2)10-20(6,19(3,4)5)17(23)25-15-13-8-7-9-21(11-22)14(13)16(15)26-18(21)24/h10,13-18,23-24H,7-9H2,1-6H3. The SMILES string of the molecule is CC(C)=CC(C)(C(O)OC1C2CCCC3(C#N)C(O)OC1C23)C(C)(C)C. The monoisotopic (exact) mass is 363 g/mol. The minimum absolute atomic E-state index is 0.0118. The molecule has 2 aliphatic carbocycles. The van der Waals surface area contributed by atoms with E-state index in [2.05, 4.69) is 32.9 Å². The van der Waals surface area contributed by atoms with Crippen LogP contribution in [0.3, 0.4) is 0 Å². The van der Waals surface area contributed by atoms with Crippen molar-refractivity contribution in [3.63, 3.8) is 0 Å². The number of allylic oxidation sites excluding steroid dienone is 1. The second-order valence-electron chi connectivity index (χ2n) is 9.89. The maximum absolute atomic E-state index is 11.0. The van der Waals surface area contributed by atoms with Crippen LogP contribution < -0.4 is 0 Å². The Balaban J connectivity index is 1.82. The van der Waals surface area contributed by atoms with E-state index in [1.807, 2.05) is 20.8 Å². The summed E-state index contributed by atoms with van der Waals surface area (Å²) in [7, 11) is 0. The fraction of sp³-hybridized carbons (Fsp3) is 0.857. The van der Waals surface area contributed by atoms with Gasteiger partial charge in [0.2, 0.25) is 0 Å². The van der Waals surface area contributed by atoms with E-state index in [1.165, 1.54) is 0 Å². The van der Waals surface area contributed by atoms with Crippen LogP contribution in [0.1, 0.15) is 60.8 Å². The normalized spacial score (nSPS) is 42.0. The second kappa shape index (κ2) is 6.31. The molecule has 8 unspecified atom stereocenters. The predicted molar refractivity (Wildman–Crippen MR) is 97.6 cm³/mol. The van der Waals surface area contributed by atoms with Crippen molar-refractivity contribution in [2.75, 3.05) is 0 Å². The average Bonchev–Trinajstić information content (AvgIpc) is 2.83. The Bertz CT molecular complexity index is 623. The van der Waals surface area contributed by atoms with Gasteiger partial charge in [0.05, 0.1) is 18.3 Å². The van der Waals surface area contributed by atoms with Gasteiger partial charge < -0.3 is 19.7 Å². The zero-order chi connectivity index (χ0) is 19.5. The maximum Gasteiger partial charge on any atom is 0.174 e. The highest BCUT2D eigenvalue weighted by Crippen LogP contribution is 2.63. The topological polar surface area (TPSA) is 82.7 Å². The molecule has 3 rings (SSSR count). The highest BCUT2D eigenvalue weighted by Gasteiger charge is 2.71. The van der Waals surface area contributed by atoms with Crippen LogP contribution >= 0.6 is 0 Å². The second-order valence-corrected chi connectivity index (χ2v) is 9.89. The smallest absolute Gasteiger partial charge is 0.174 e. The molecule has 0 radical (unpaired) electrons. The van der Waals surface area contributed by atoms with E-state index in [-0.39, 0.29) is 29.5 Å². The van der Waals surface area contributed by atoms with Gasteiger partial charge >= 0.3 is 0 Å². The first kappa shape index (κ1) is 19.8. The summed E-state index contributed by atoms with van der Waals surface area (Å²) in [5.74, 6) is 0.175. The van der Waals surface area contributed by atoms with Gasteiger partial charge in [-0.1, -0.05) is 45.8 Å². The van der Waals surface area contributed by atoms with E-state index >= 15 is 0 Å². The van der Waals surface area contributed by atoms with E-state index in [1.54, 1.807) is 0 Å². The first-order valence-electron chi connectivity index (χ1n) is 9.72. The van der Waals surface area contributed by atoms with Gasteiger partial charge in [0.25, 0.3) is 0 Å². The van der Waals surface area contributed by atoms with Crippen molar-refractivity contribution in [3.8, 4) is 6.07 Å². The molecule has 1 saturated heterocycles. The zero-order valence-corrected chi connectivity index (χ0v) is 16.8. The molecule has 1 aliphatic heterocycles. The molecule has 26 heavy (non-hydrogen) atoms. The number of nitrogens with zero attached hydrogens (tertiary/aromatic N) is 1. The van der Waals surface area contributed by atoms with E-state index in [4.69, 9.17) is 9.47 Å². The lowest BCUT2D eigenvalue weighted by atomic mass is 9.52. The molecule has 2 saturated carbocycles. The molecule has 0 aromatic carbocycles. The van der Waals surface area contributed by atoms with Gasteiger partial charge in [-0.15, -0.1) is 0 Å². The van der Waals surface area contributed by atoms with E-state index < -0.39 is 23.4 Å². The Kier molecular flexibility index (Phi) is 4.81. The van der Waals surface area contributed by atoms with Crippen LogP contribution in [0.15, 0.2) is 11.6 Å². The fourth-order valence-corrected chi connectivity index (χ4v) is 5.20. The summed E-state index contributed by atoms with van der Waals surface area (Å²) >= 11 is 0. The van der Waals surface area contributed by atoms with Crippen molar-refractivity contribution in [1.82, 2.24) is 0 Å². The lowest BCUT2D eigenvalue weighted by Crippen LogP contribution is -2.62. The lowest BCUT2D eigenvalue weighted by molar-refractivity contribution is -0.282. The Labute approximate surface area is 157 Å². The number of hydrogen-bond donors (Lipinski definition) is 2. The van der Waals surface area contributed by atoms with Gasteiger partial charge in [-0.05, 0) is 38.0 Å². The van der Waals surface area contributed by atoms with Crippen LogP contribution in [0.4, 0.5) is 0 Å². The summed E-state index contributed by atoms with van der Waals surface area (Å²) in [6.45, 7) is 12.4. The van der Waals surface area contributed by atoms with Crippen LogP contribution in [-0.2, 0) is 9.47 Å². The number of aliphatic hydroxyl groups excluding tert-OH is 2. The molecule has 5 nitrogen and oxygen atoms in total. The van der Waals surface area contributed by atoms with Gasteiger partial charge in [-0.25, -0.2) is 0 Å². The fourth-order valence-electron chi connectivity index (χ4n) is 5.20.